The summed E-state index contributed by atoms with van der Waals surface area (Å²) in [5, 5.41) is 0. The molecule has 7 nitrogen and oxygen atoms in total. The van der Waals surface area contributed by atoms with Gasteiger partial charge in [0.2, 0.25) is 10.0 Å². The summed E-state index contributed by atoms with van der Waals surface area (Å²) < 4.78 is 29.4. The van der Waals surface area contributed by atoms with Gasteiger partial charge in [0.25, 0.3) is 0 Å². The number of aromatic amines is 1. The highest BCUT2D eigenvalue weighted by Gasteiger charge is 2.28. The summed E-state index contributed by atoms with van der Waals surface area (Å²) in [4.78, 5) is 19.2. The van der Waals surface area contributed by atoms with Crippen molar-refractivity contribution in [2.45, 2.75) is 32.6 Å². The highest BCUT2D eigenvalue weighted by molar-refractivity contribution is 7.88. The molecule has 2 heterocycles. The Kier molecular flexibility index (Phi) is 4.67. The molecule has 1 N–H and O–H groups in total. The number of carbonyl (C=O) groups is 1. The molecule has 1 aromatic heterocycles. The van der Waals surface area contributed by atoms with Gasteiger partial charge in [-0.25, -0.2) is 22.5 Å². The van der Waals surface area contributed by atoms with Gasteiger partial charge in [-0.1, -0.05) is 0 Å². The summed E-state index contributed by atoms with van der Waals surface area (Å²) >= 11 is 0. The molecule has 0 bridgehead atoms. The van der Waals surface area contributed by atoms with Gasteiger partial charge in [0.15, 0.2) is 5.69 Å². The topological polar surface area (TPSA) is 92.4 Å². The van der Waals surface area contributed by atoms with Crippen LogP contribution in [-0.2, 0) is 14.8 Å². The van der Waals surface area contributed by atoms with Crippen LogP contribution in [0.2, 0.25) is 0 Å². The van der Waals surface area contributed by atoms with Crippen molar-refractivity contribution in [3.63, 3.8) is 0 Å². The van der Waals surface area contributed by atoms with E-state index in [1.165, 1.54) is 10.6 Å². The van der Waals surface area contributed by atoms with Crippen LogP contribution in [0.4, 0.5) is 0 Å². The first-order chi connectivity index (χ1) is 9.82. The standard InChI is InChI=1S/C13H21N3O4S/c1-4-20-13(17)11-9(2)14-12(15-11)10-5-7-16(8-6-10)21(3,18)19/h10H,4-8H2,1-3H3,(H,14,15). The van der Waals surface area contributed by atoms with Crippen molar-refractivity contribution in [2.75, 3.05) is 26.0 Å². The minimum Gasteiger partial charge on any atom is -0.461 e. The summed E-state index contributed by atoms with van der Waals surface area (Å²) in [5.41, 5.74) is 1.01. The summed E-state index contributed by atoms with van der Waals surface area (Å²) in [6.45, 7) is 4.82. The molecule has 2 rings (SSSR count). The molecule has 118 valence electrons. The lowest BCUT2D eigenvalue weighted by Crippen LogP contribution is -2.37. The molecule has 1 aliphatic rings. The lowest BCUT2D eigenvalue weighted by molar-refractivity contribution is 0.0519. The monoisotopic (exact) mass is 315 g/mol. The van der Waals surface area contributed by atoms with E-state index < -0.39 is 16.0 Å². The van der Waals surface area contributed by atoms with E-state index in [1.807, 2.05) is 0 Å². The maximum atomic E-state index is 11.8. The quantitative estimate of drug-likeness (QED) is 0.838. The molecule has 0 unspecified atom stereocenters. The minimum absolute atomic E-state index is 0.143. The van der Waals surface area contributed by atoms with Crippen LogP contribution in [0.25, 0.3) is 0 Å². The lowest BCUT2D eigenvalue weighted by atomic mass is 9.97. The molecule has 0 aromatic carbocycles. The molecule has 1 aliphatic heterocycles. The molecule has 21 heavy (non-hydrogen) atoms. The highest BCUT2D eigenvalue weighted by Crippen LogP contribution is 2.27. The minimum atomic E-state index is -3.13. The highest BCUT2D eigenvalue weighted by atomic mass is 32.2. The lowest BCUT2D eigenvalue weighted by Gasteiger charge is -2.29. The third kappa shape index (κ3) is 3.62. The zero-order valence-electron chi connectivity index (χ0n) is 12.5. The van der Waals surface area contributed by atoms with Crippen LogP contribution in [0.5, 0.6) is 0 Å². The number of aromatic nitrogens is 2. The van der Waals surface area contributed by atoms with E-state index in [9.17, 15) is 13.2 Å². The van der Waals surface area contributed by atoms with Crippen molar-refractivity contribution in [1.82, 2.24) is 14.3 Å². The Morgan fingerprint density at radius 3 is 2.57 bits per heavy atom. The molecule has 0 spiro atoms. The van der Waals surface area contributed by atoms with Crippen molar-refractivity contribution in [3.8, 4) is 0 Å². The van der Waals surface area contributed by atoms with E-state index in [1.54, 1.807) is 13.8 Å². The molecule has 1 aromatic rings. The molecular formula is C13H21N3O4S. The first-order valence-corrected chi connectivity index (χ1v) is 8.86. The van der Waals surface area contributed by atoms with Crippen molar-refractivity contribution >= 4 is 16.0 Å². The van der Waals surface area contributed by atoms with Gasteiger partial charge in [-0.15, -0.1) is 0 Å². The summed E-state index contributed by atoms with van der Waals surface area (Å²) in [6, 6.07) is 0. The number of imidazole rings is 1. The van der Waals surface area contributed by atoms with Crippen molar-refractivity contribution < 1.29 is 17.9 Å². The fraction of sp³-hybridized carbons (Fsp3) is 0.692. The third-order valence-electron chi connectivity index (χ3n) is 3.68. The Morgan fingerprint density at radius 1 is 1.43 bits per heavy atom. The Balaban J connectivity index is 2.08. The van der Waals surface area contributed by atoms with E-state index in [4.69, 9.17) is 4.74 Å². The second kappa shape index (κ2) is 6.15. The number of nitrogens with one attached hydrogen (secondary N) is 1. The largest absolute Gasteiger partial charge is 0.461 e. The zero-order valence-corrected chi connectivity index (χ0v) is 13.4. The molecule has 0 aliphatic carbocycles. The number of rotatable bonds is 4. The van der Waals surface area contributed by atoms with Gasteiger partial charge in [-0.05, 0) is 26.7 Å². The number of hydrogen-bond donors (Lipinski definition) is 1. The molecule has 8 heteroatoms. The number of sulfonamides is 1. The summed E-state index contributed by atoms with van der Waals surface area (Å²) in [7, 11) is -3.13. The molecule has 0 radical (unpaired) electrons. The fourth-order valence-corrected chi connectivity index (χ4v) is 3.41. The molecule has 0 amide bonds. The van der Waals surface area contributed by atoms with Crippen molar-refractivity contribution in [1.29, 1.82) is 0 Å². The van der Waals surface area contributed by atoms with E-state index in [0.29, 0.717) is 43.9 Å². The predicted molar refractivity (Wildman–Crippen MR) is 77.7 cm³/mol. The van der Waals surface area contributed by atoms with Crippen LogP contribution in [-0.4, -0.2) is 54.6 Å². The van der Waals surface area contributed by atoms with Crippen molar-refractivity contribution in [3.05, 3.63) is 17.2 Å². The second-order valence-electron chi connectivity index (χ2n) is 5.25. The smallest absolute Gasteiger partial charge is 0.358 e. The normalized spacial score (nSPS) is 17.9. The molecule has 1 saturated heterocycles. The Bertz CT molecular complexity index is 615. The van der Waals surface area contributed by atoms with Gasteiger partial charge >= 0.3 is 5.97 Å². The second-order valence-corrected chi connectivity index (χ2v) is 7.23. The Labute approximate surface area is 124 Å². The van der Waals surface area contributed by atoms with Crippen LogP contribution >= 0.6 is 0 Å². The number of carbonyl (C=O) groups excluding carboxylic acids is 1. The number of H-pyrrole nitrogens is 1. The van der Waals surface area contributed by atoms with E-state index in [2.05, 4.69) is 9.97 Å². The first kappa shape index (κ1) is 16.0. The van der Waals surface area contributed by atoms with Crippen LogP contribution in [0.1, 0.15) is 47.7 Å². The van der Waals surface area contributed by atoms with Crippen molar-refractivity contribution in [2.24, 2.45) is 0 Å². The van der Waals surface area contributed by atoms with Crippen LogP contribution in [0.15, 0.2) is 0 Å². The average Bonchev–Trinajstić information content (AvgIpc) is 2.80. The Hall–Kier alpha value is -1.41. The molecular weight excluding hydrogens is 294 g/mol. The number of aryl methyl sites for hydroxylation is 1. The van der Waals surface area contributed by atoms with E-state index in [0.717, 1.165) is 5.82 Å². The summed E-state index contributed by atoms with van der Waals surface area (Å²) in [6.07, 6.45) is 2.62. The SMILES string of the molecule is CCOC(=O)c1nc(C2CCN(S(C)(=O)=O)CC2)[nH]c1C. The van der Waals surface area contributed by atoms with Crippen LogP contribution in [0.3, 0.4) is 0 Å². The zero-order chi connectivity index (χ0) is 15.6. The van der Waals surface area contributed by atoms with Crippen LogP contribution in [0, 0.1) is 6.92 Å². The van der Waals surface area contributed by atoms with Gasteiger partial charge in [0.05, 0.1) is 12.9 Å². The summed E-state index contributed by atoms with van der Waals surface area (Å²) in [5.74, 6) is 0.458. The fourth-order valence-electron chi connectivity index (χ4n) is 2.54. The third-order valence-corrected chi connectivity index (χ3v) is 4.98. The predicted octanol–water partition coefficient (Wildman–Crippen LogP) is 1.03. The Morgan fingerprint density at radius 2 is 2.05 bits per heavy atom. The number of esters is 1. The number of piperidine rings is 1. The van der Waals surface area contributed by atoms with Gasteiger partial charge in [0.1, 0.15) is 5.82 Å². The van der Waals surface area contributed by atoms with Gasteiger partial charge in [0, 0.05) is 24.7 Å². The van der Waals surface area contributed by atoms with E-state index >= 15 is 0 Å². The number of hydrogen-bond acceptors (Lipinski definition) is 5. The maximum Gasteiger partial charge on any atom is 0.358 e. The molecule has 0 atom stereocenters. The van der Waals surface area contributed by atoms with Crippen LogP contribution < -0.4 is 0 Å². The van der Waals surface area contributed by atoms with Gasteiger partial charge < -0.3 is 9.72 Å². The molecule has 1 fully saturated rings. The molecule has 0 saturated carbocycles. The average molecular weight is 315 g/mol. The maximum absolute atomic E-state index is 11.8. The first-order valence-electron chi connectivity index (χ1n) is 7.01. The van der Waals surface area contributed by atoms with Gasteiger partial charge in [-0.2, -0.15) is 0 Å². The van der Waals surface area contributed by atoms with Gasteiger partial charge in [-0.3, -0.25) is 0 Å². The number of nitrogens with zero attached hydrogens (tertiary/aromatic N) is 2. The van der Waals surface area contributed by atoms with E-state index in [-0.39, 0.29) is 5.92 Å². The number of ether oxygens (including phenoxy) is 1.